The van der Waals surface area contributed by atoms with Gasteiger partial charge in [0.25, 0.3) is 5.91 Å². The average Bonchev–Trinajstić information content (AvgIpc) is 2.67. The second-order valence-corrected chi connectivity index (χ2v) is 5.29. The molecule has 0 aliphatic carbocycles. The smallest absolute Gasteiger partial charge is 0.256 e. The number of rotatable bonds is 2. The summed E-state index contributed by atoms with van der Waals surface area (Å²) >= 11 is 0. The molecule has 1 fully saturated rings. The Bertz CT molecular complexity index is 471. The van der Waals surface area contributed by atoms with Crippen molar-refractivity contribution in [1.29, 1.82) is 0 Å². The number of hydrogen-bond donors (Lipinski definition) is 1. The number of amides is 1. The quantitative estimate of drug-likeness (QED) is 0.875. The van der Waals surface area contributed by atoms with E-state index in [9.17, 15) is 9.18 Å². The molecule has 0 bridgehead atoms. The van der Waals surface area contributed by atoms with Crippen molar-refractivity contribution >= 4 is 11.6 Å². The van der Waals surface area contributed by atoms with Gasteiger partial charge in [0, 0.05) is 19.1 Å². The lowest BCUT2D eigenvalue weighted by molar-refractivity contribution is 0.0652. The lowest BCUT2D eigenvalue weighted by Gasteiger charge is -2.32. The summed E-state index contributed by atoms with van der Waals surface area (Å²) in [5.41, 5.74) is 0.548. The molecule has 1 aliphatic rings. The number of anilines is 1. The van der Waals surface area contributed by atoms with E-state index in [2.05, 4.69) is 19.2 Å². The highest BCUT2D eigenvalue weighted by Gasteiger charge is 2.36. The van der Waals surface area contributed by atoms with Crippen molar-refractivity contribution in [3.8, 4) is 0 Å². The van der Waals surface area contributed by atoms with Gasteiger partial charge in [-0.2, -0.15) is 0 Å². The Morgan fingerprint density at radius 2 is 2.17 bits per heavy atom. The number of nitrogens with zero attached hydrogens (tertiary/aromatic N) is 1. The van der Waals surface area contributed by atoms with Crippen LogP contribution in [0.5, 0.6) is 0 Å². The van der Waals surface area contributed by atoms with E-state index in [0.29, 0.717) is 5.56 Å². The zero-order valence-corrected chi connectivity index (χ0v) is 11.1. The summed E-state index contributed by atoms with van der Waals surface area (Å²) in [6.45, 7) is 4.85. The van der Waals surface area contributed by atoms with Gasteiger partial charge >= 0.3 is 0 Å². The summed E-state index contributed by atoms with van der Waals surface area (Å²) in [4.78, 5) is 14.3. The van der Waals surface area contributed by atoms with Crippen LogP contribution in [-0.2, 0) is 0 Å². The molecular weight excluding hydrogens is 231 g/mol. The minimum atomic E-state index is -0.389. The molecule has 18 heavy (non-hydrogen) atoms. The van der Waals surface area contributed by atoms with Gasteiger partial charge in [-0.1, -0.05) is 6.07 Å². The molecule has 0 radical (unpaired) electrons. The van der Waals surface area contributed by atoms with Crippen LogP contribution >= 0.6 is 0 Å². The fraction of sp³-hybridized carbons (Fsp3) is 0.500. The topological polar surface area (TPSA) is 32.3 Å². The highest BCUT2D eigenvalue weighted by molar-refractivity contribution is 6.00. The Balaban J connectivity index is 2.38. The normalized spacial score (nSPS) is 17.9. The summed E-state index contributed by atoms with van der Waals surface area (Å²) in [6, 6.07) is 4.61. The maximum Gasteiger partial charge on any atom is 0.256 e. The van der Waals surface area contributed by atoms with Crippen LogP contribution < -0.4 is 5.32 Å². The second kappa shape index (κ2) is 4.59. The molecule has 0 aromatic heterocycles. The second-order valence-electron chi connectivity index (χ2n) is 5.29. The summed E-state index contributed by atoms with van der Waals surface area (Å²) in [5.74, 6) is -0.485. The zero-order valence-electron chi connectivity index (χ0n) is 11.1. The molecule has 3 nitrogen and oxygen atoms in total. The van der Waals surface area contributed by atoms with E-state index in [1.165, 1.54) is 6.07 Å². The van der Waals surface area contributed by atoms with Crippen LogP contribution in [0.15, 0.2) is 18.2 Å². The third kappa shape index (κ3) is 2.07. The maximum atomic E-state index is 13.7. The Kier molecular flexibility index (Phi) is 3.28. The Morgan fingerprint density at radius 1 is 1.44 bits per heavy atom. The van der Waals surface area contributed by atoms with E-state index in [-0.39, 0.29) is 23.0 Å². The molecule has 1 heterocycles. The van der Waals surface area contributed by atoms with E-state index in [1.54, 1.807) is 19.2 Å². The highest BCUT2D eigenvalue weighted by atomic mass is 19.1. The number of likely N-dealkylation sites (tertiary alicyclic amines) is 1. The first-order valence-corrected chi connectivity index (χ1v) is 6.25. The van der Waals surface area contributed by atoms with E-state index < -0.39 is 0 Å². The van der Waals surface area contributed by atoms with Gasteiger partial charge < -0.3 is 10.2 Å². The van der Waals surface area contributed by atoms with E-state index >= 15 is 0 Å². The number of carbonyl (C=O) groups excluding carboxylic acids is 1. The fourth-order valence-corrected chi connectivity index (χ4v) is 2.59. The van der Waals surface area contributed by atoms with Gasteiger partial charge in [-0.15, -0.1) is 0 Å². The molecular formula is C14H19FN2O. The molecule has 4 heteroatoms. The fourth-order valence-electron chi connectivity index (χ4n) is 2.59. The molecule has 1 aromatic carbocycles. The van der Waals surface area contributed by atoms with Crippen molar-refractivity contribution in [2.45, 2.75) is 32.2 Å². The molecule has 0 unspecified atom stereocenters. The minimum Gasteiger partial charge on any atom is -0.385 e. The van der Waals surface area contributed by atoms with Crippen molar-refractivity contribution in [2.24, 2.45) is 0 Å². The lowest BCUT2D eigenvalue weighted by Crippen LogP contribution is -2.42. The van der Waals surface area contributed by atoms with Crippen molar-refractivity contribution < 1.29 is 9.18 Å². The predicted octanol–water partition coefficient (Wildman–Crippen LogP) is 2.88. The summed E-state index contributed by atoms with van der Waals surface area (Å²) in [7, 11) is 1.63. The number of nitrogens with one attached hydrogen (secondary N) is 1. The Morgan fingerprint density at radius 3 is 2.72 bits per heavy atom. The molecule has 2 rings (SSSR count). The van der Waals surface area contributed by atoms with Gasteiger partial charge in [-0.05, 0) is 38.8 Å². The van der Waals surface area contributed by atoms with E-state index in [0.717, 1.165) is 19.4 Å². The van der Waals surface area contributed by atoms with Crippen molar-refractivity contribution in [1.82, 2.24) is 4.90 Å². The van der Waals surface area contributed by atoms with Gasteiger partial charge in [0.1, 0.15) is 5.82 Å². The van der Waals surface area contributed by atoms with Crippen LogP contribution in [-0.4, -0.2) is 29.9 Å². The Hall–Kier alpha value is -1.58. The molecule has 1 aliphatic heterocycles. The van der Waals surface area contributed by atoms with Gasteiger partial charge in [0.2, 0.25) is 0 Å². The molecule has 98 valence electrons. The first-order valence-electron chi connectivity index (χ1n) is 6.25. The third-order valence-electron chi connectivity index (χ3n) is 3.64. The number of benzene rings is 1. The summed E-state index contributed by atoms with van der Waals surface area (Å²) in [5, 5.41) is 2.77. The number of carbonyl (C=O) groups is 1. The van der Waals surface area contributed by atoms with Crippen LogP contribution in [0.1, 0.15) is 37.0 Å². The molecule has 0 saturated carbocycles. The molecule has 1 aromatic rings. The van der Waals surface area contributed by atoms with Gasteiger partial charge in [0.15, 0.2) is 0 Å². The highest BCUT2D eigenvalue weighted by Crippen LogP contribution is 2.31. The van der Waals surface area contributed by atoms with Crippen LogP contribution in [0.4, 0.5) is 10.1 Å². The van der Waals surface area contributed by atoms with Crippen LogP contribution in [0.3, 0.4) is 0 Å². The molecule has 1 saturated heterocycles. The summed E-state index contributed by atoms with van der Waals surface area (Å²) < 4.78 is 13.7. The first kappa shape index (κ1) is 12.9. The molecule has 1 amide bonds. The van der Waals surface area contributed by atoms with Crippen molar-refractivity contribution in [2.75, 3.05) is 18.9 Å². The van der Waals surface area contributed by atoms with Crippen LogP contribution in [0.2, 0.25) is 0 Å². The molecule has 0 atom stereocenters. The number of halogens is 1. The van der Waals surface area contributed by atoms with Crippen molar-refractivity contribution in [3.05, 3.63) is 29.6 Å². The zero-order chi connectivity index (χ0) is 13.3. The SMILES string of the molecule is CNc1c(F)cccc1C(=O)N1CCCC1(C)C. The average molecular weight is 250 g/mol. The summed E-state index contributed by atoms with van der Waals surface area (Å²) in [6.07, 6.45) is 1.99. The predicted molar refractivity (Wildman–Crippen MR) is 70.3 cm³/mol. The monoisotopic (exact) mass is 250 g/mol. The Labute approximate surface area is 107 Å². The van der Waals surface area contributed by atoms with E-state index in [1.807, 2.05) is 4.90 Å². The molecule has 0 spiro atoms. The van der Waals surface area contributed by atoms with Gasteiger partial charge in [0.05, 0.1) is 11.3 Å². The first-order chi connectivity index (χ1) is 8.47. The lowest BCUT2D eigenvalue weighted by atomic mass is 10.0. The van der Waals surface area contributed by atoms with E-state index in [4.69, 9.17) is 0 Å². The molecule has 1 N–H and O–H groups in total. The standard InChI is InChI=1S/C14H19FN2O/c1-14(2)8-5-9-17(14)13(18)10-6-4-7-11(15)12(10)16-3/h4,6-7,16H,5,8-9H2,1-3H3. The third-order valence-corrected chi connectivity index (χ3v) is 3.64. The van der Waals surface area contributed by atoms with Gasteiger partial charge in [-0.25, -0.2) is 4.39 Å². The maximum absolute atomic E-state index is 13.7. The van der Waals surface area contributed by atoms with Crippen molar-refractivity contribution in [3.63, 3.8) is 0 Å². The minimum absolute atomic E-state index is 0.0960. The van der Waals surface area contributed by atoms with Crippen LogP contribution in [0, 0.1) is 5.82 Å². The van der Waals surface area contributed by atoms with Gasteiger partial charge in [-0.3, -0.25) is 4.79 Å². The largest absolute Gasteiger partial charge is 0.385 e. The number of hydrogen-bond acceptors (Lipinski definition) is 2. The number of para-hydroxylation sites is 1. The van der Waals surface area contributed by atoms with Crippen LogP contribution in [0.25, 0.3) is 0 Å².